The molecule has 0 spiro atoms. The average molecular weight is 433 g/mol. The summed E-state index contributed by atoms with van der Waals surface area (Å²) in [5.74, 6) is 0.729. The first-order chi connectivity index (χ1) is 13.7. The predicted octanol–water partition coefficient (Wildman–Crippen LogP) is 4.66. The van der Waals surface area contributed by atoms with Crippen molar-refractivity contribution in [3.05, 3.63) is 58.3 Å². The van der Waals surface area contributed by atoms with E-state index in [-0.39, 0.29) is 5.91 Å². The van der Waals surface area contributed by atoms with Gasteiger partial charge < -0.3 is 10.6 Å². The molecular formula is C20H24N4OS3. The fourth-order valence-electron chi connectivity index (χ4n) is 2.73. The Morgan fingerprint density at radius 2 is 2.04 bits per heavy atom. The summed E-state index contributed by atoms with van der Waals surface area (Å²) in [7, 11) is 0. The zero-order chi connectivity index (χ0) is 19.6. The SMILES string of the molecule is CCC(CNC(=O)CSc1nnc(NCCc2cccs2)s1)c1ccccc1. The van der Waals surface area contributed by atoms with Crippen molar-refractivity contribution in [1.82, 2.24) is 15.5 Å². The molecule has 2 N–H and O–H groups in total. The van der Waals surface area contributed by atoms with E-state index < -0.39 is 0 Å². The summed E-state index contributed by atoms with van der Waals surface area (Å²) in [6.07, 6.45) is 1.97. The number of nitrogens with zero attached hydrogens (tertiary/aromatic N) is 2. The molecule has 2 heterocycles. The minimum Gasteiger partial charge on any atom is -0.360 e. The van der Waals surface area contributed by atoms with Crippen LogP contribution in [-0.4, -0.2) is 34.9 Å². The van der Waals surface area contributed by atoms with Crippen LogP contribution in [0.5, 0.6) is 0 Å². The number of thiophene rings is 1. The smallest absolute Gasteiger partial charge is 0.230 e. The molecule has 0 bridgehead atoms. The number of benzene rings is 1. The van der Waals surface area contributed by atoms with E-state index in [9.17, 15) is 4.79 Å². The van der Waals surface area contributed by atoms with Crippen LogP contribution in [0.4, 0.5) is 5.13 Å². The van der Waals surface area contributed by atoms with E-state index in [1.54, 1.807) is 11.3 Å². The Morgan fingerprint density at radius 1 is 1.18 bits per heavy atom. The topological polar surface area (TPSA) is 66.9 Å². The normalized spacial score (nSPS) is 11.9. The Balaban J connectivity index is 1.36. The van der Waals surface area contributed by atoms with Crippen LogP contribution in [-0.2, 0) is 11.2 Å². The third-order valence-corrected chi connectivity index (χ3v) is 7.22. The maximum absolute atomic E-state index is 12.2. The van der Waals surface area contributed by atoms with Gasteiger partial charge in [-0.2, -0.15) is 0 Å². The van der Waals surface area contributed by atoms with Crippen molar-refractivity contribution in [3.63, 3.8) is 0 Å². The lowest BCUT2D eigenvalue weighted by molar-refractivity contribution is -0.118. The number of hydrogen-bond donors (Lipinski definition) is 2. The molecule has 0 fully saturated rings. The zero-order valence-corrected chi connectivity index (χ0v) is 18.2. The standard InChI is InChI=1S/C20H24N4OS3/c1-2-15(16-7-4-3-5-8-16)13-22-18(25)14-27-20-24-23-19(28-20)21-11-10-17-9-6-12-26-17/h3-9,12,15H,2,10-11,13-14H2,1H3,(H,21,23)(H,22,25). The van der Waals surface area contributed by atoms with E-state index in [0.717, 1.165) is 28.9 Å². The molecule has 0 radical (unpaired) electrons. The molecule has 28 heavy (non-hydrogen) atoms. The molecule has 3 rings (SSSR count). The molecule has 0 aliphatic heterocycles. The molecule has 8 heteroatoms. The molecule has 0 saturated carbocycles. The zero-order valence-electron chi connectivity index (χ0n) is 15.8. The van der Waals surface area contributed by atoms with Crippen LogP contribution >= 0.6 is 34.4 Å². The number of nitrogens with one attached hydrogen (secondary N) is 2. The lowest BCUT2D eigenvalue weighted by atomic mass is 9.96. The Hall–Kier alpha value is -1.90. The van der Waals surface area contributed by atoms with Crippen LogP contribution in [0.1, 0.15) is 29.7 Å². The van der Waals surface area contributed by atoms with Gasteiger partial charge in [0.2, 0.25) is 11.0 Å². The first kappa shape index (κ1) is 20.8. The van der Waals surface area contributed by atoms with Gasteiger partial charge in [-0.05, 0) is 29.9 Å². The van der Waals surface area contributed by atoms with Gasteiger partial charge in [0.25, 0.3) is 0 Å². The minimum absolute atomic E-state index is 0.0294. The van der Waals surface area contributed by atoms with Gasteiger partial charge >= 0.3 is 0 Å². The maximum atomic E-state index is 12.2. The number of rotatable bonds is 11. The van der Waals surface area contributed by atoms with Gasteiger partial charge in [0.05, 0.1) is 5.75 Å². The van der Waals surface area contributed by atoms with Crippen LogP contribution in [0, 0.1) is 0 Å². The number of aromatic nitrogens is 2. The first-order valence-corrected chi connectivity index (χ1v) is 12.0. The first-order valence-electron chi connectivity index (χ1n) is 9.28. The Morgan fingerprint density at radius 3 is 2.79 bits per heavy atom. The van der Waals surface area contributed by atoms with E-state index in [0.29, 0.717) is 18.2 Å². The Labute approximate surface area is 178 Å². The van der Waals surface area contributed by atoms with Gasteiger partial charge in [0.1, 0.15) is 0 Å². The highest BCUT2D eigenvalue weighted by molar-refractivity contribution is 8.01. The molecule has 0 saturated heterocycles. The predicted molar refractivity (Wildman–Crippen MR) is 120 cm³/mol. The number of hydrogen-bond acceptors (Lipinski definition) is 7. The number of amides is 1. The van der Waals surface area contributed by atoms with Crippen molar-refractivity contribution in [3.8, 4) is 0 Å². The number of anilines is 1. The summed E-state index contributed by atoms with van der Waals surface area (Å²) >= 11 is 4.68. The van der Waals surface area contributed by atoms with Crippen molar-refractivity contribution in [1.29, 1.82) is 0 Å². The molecular weight excluding hydrogens is 408 g/mol. The van der Waals surface area contributed by atoms with E-state index in [4.69, 9.17) is 0 Å². The molecule has 1 atom stereocenters. The molecule has 5 nitrogen and oxygen atoms in total. The van der Waals surface area contributed by atoms with Gasteiger partial charge in [-0.3, -0.25) is 4.79 Å². The number of carbonyl (C=O) groups excluding carboxylic acids is 1. The van der Waals surface area contributed by atoms with E-state index in [1.807, 2.05) is 18.2 Å². The fourth-order valence-corrected chi connectivity index (χ4v) is 5.04. The van der Waals surface area contributed by atoms with Crippen molar-refractivity contribution in [2.75, 3.05) is 24.2 Å². The monoisotopic (exact) mass is 432 g/mol. The number of carbonyl (C=O) groups is 1. The van der Waals surface area contributed by atoms with E-state index in [2.05, 4.69) is 57.4 Å². The van der Waals surface area contributed by atoms with Crippen molar-refractivity contribution < 1.29 is 4.79 Å². The maximum Gasteiger partial charge on any atom is 0.230 e. The minimum atomic E-state index is 0.0294. The molecule has 1 amide bonds. The van der Waals surface area contributed by atoms with Crippen molar-refractivity contribution in [2.24, 2.45) is 0 Å². The van der Waals surface area contributed by atoms with Gasteiger partial charge in [0.15, 0.2) is 4.34 Å². The second-order valence-corrected chi connectivity index (χ2v) is 9.47. The Bertz CT molecular complexity index is 836. The summed E-state index contributed by atoms with van der Waals surface area (Å²) in [6.45, 7) is 3.64. The molecule has 2 aromatic heterocycles. The number of thioether (sulfide) groups is 1. The molecule has 1 aromatic carbocycles. The highest BCUT2D eigenvalue weighted by Crippen LogP contribution is 2.25. The lowest BCUT2D eigenvalue weighted by Crippen LogP contribution is -2.29. The summed E-state index contributed by atoms with van der Waals surface area (Å²) in [5.41, 5.74) is 1.26. The lowest BCUT2D eigenvalue weighted by Gasteiger charge is -2.16. The quantitative estimate of drug-likeness (QED) is 0.432. The van der Waals surface area contributed by atoms with E-state index >= 15 is 0 Å². The van der Waals surface area contributed by atoms with Crippen molar-refractivity contribution >= 4 is 45.5 Å². The summed E-state index contributed by atoms with van der Waals surface area (Å²) < 4.78 is 0.809. The second kappa shape index (κ2) is 11.2. The molecule has 3 aromatic rings. The molecule has 0 aliphatic rings. The van der Waals surface area contributed by atoms with Gasteiger partial charge in [-0.25, -0.2) is 0 Å². The van der Waals surface area contributed by atoms with Crippen LogP contribution in [0.3, 0.4) is 0 Å². The van der Waals surface area contributed by atoms with Gasteiger partial charge in [-0.1, -0.05) is 66.4 Å². The third kappa shape index (κ3) is 6.61. The highest BCUT2D eigenvalue weighted by Gasteiger charge is 2.12. The fraction of sp³-hybridized carbons (Fsp3) is 0.350. The summed E-state index contributed by atoms with van der Waals surface area (Å²) in [4.78, 5) is 13.5. The average Bonchev–Trinajstić information content (AvgIpc) is 3.40. The van der Waals surface area contributed by atoms with Gasteiger partial charge in [-0.15, -0.1) is 21.5 Å². The summed E-state index contributed by atoms with van der Waals surface area (Å²) in [6, 6.07) is 14.5. The summed E-state index contributed by atoms with van der Waals surface area (Å²) in [5, 5.41) is 17.5. The third-order valence-electron chi connectivity index (χ3n) is 4.27. The van der Waals surface area contributed by atoms with Crippen LogP contribution in [0.2, 0.25) is 0 Å². The highest BCUT2D eigenvalue weighted by atomic mass is 32.2. The molecule has 148 valence electrons. The van der Waals surface area contributed by atoms with E-state index in [1.165, 1.54) is 33.5 Å². The Kier molecular flexibility index (Phi) is 8.32. The largest absolute Gasteiger partial charge is 0.360 e. The van der Waals surface area contributed by atoms with Crippen LogP contribution < -0.4 is 10.6 Å². The van der Waals surface area contributed by atoms with Crippen molar-refractivity contribution in [2.45, 2.75) is 30.0 Å². The molecule has 0 aliphatic carbocycles. The molecule has 1 unspecified atom stereocenters. The van der Waals surface area contributed by atoms with Crippen LogP contribution in [0.25, 0.3) is 0 Å². The van der Waals surface area contributed by atoms with Gasteiger partial charge in [0, 0.05) is 23.9 Å². The second-order valence-electron chi connectivity index (χ2n) is 6.24. The van der Waals surface area contributed by atoms with Crippen LogP contribution in [0.15, 0.2) is 52.2 Å².